The predicted octanol–water partition coefficient (Wildman–Crippen LogP) is 2.10. The molecule has 1 aromatic heterocycles. The van der Waals surface area contributed by atoms with E-state index in [2.05, 4.69) is 15.0 Å². The van der Waals surface area contributed by atoms with Crippen LogP contribution in [0.2, 0.25) is 0 Å². The lowest BCUT2D eigenvalue weighted by Gasteiger charge is -2.35. The van der Waals surface area contributed by atoms with Crippen LogP contribution in [0.15, 0.2) is 30.6 Å². The number of anilines is 1. The van der Waals surface area contributed by atoms with Crippen LogP contribution >= 0.6 is 0 Å². The molecule has 31 heavy (non-hydrogen) atoms. The molecule has 166 valence electrons. The van der Waals surface area contributed by atoms with Crippen LogP contribution in [0.4, 0.5) is 5.95 Å². The first-order valence-corrected chi connectivity index (χ1v) is 11.4. The second kappa shape index (κ2) is 8.49. The molecule has 3 aliphatic rings. The highest BCUT2D eigenvalue weighted by molar-refractivity contribution is 5.94. The third-order valence-electron chi connectivity index (χ3n) is 7.07. The summed E-state index contributed by atoms with van der Waals surface area (Å²) >= 11 is 0. The molecule has 1 amide bonds. The number of amides is 1. The summed E-state index contributed by atoms with van der Waals surface area (Å²) < 4.78 is 8.03. The monoisotopic (exact) mass is 425 g/mol. The number of likely N-dealkylation sites (tertiary alicyclic amines) is 1. The lowest BCUT2D eigenvalue weighted by atomic mass is 9.78. The second-order valence-corrected chi connectivity index (χ2v) is 9.18. The van der Waals surface area contributed by atoms with E-state index in [4.69, 9.17) is 4.74 Å². The summed E-state index contributed by atoms with van der Waals surface area (Å²) in [5, 5.41) is 15.0. The van der Waals surface area contributed by atoms with Crippen LogP contribution in [0.5, 0.6) is 5.75 Å². The standard InChI is InChI=1S/C23H31N5O3/c1-26-23(24-15-25-26)28-13-17-11-20(29)21(12-18(17)14-28)31-19-7-5-6-16(10-19)22(30)27-8-3-2-4-9-27/h5-7,10,15,17-18,20-21,29H,2-4,8-9,11-14H2,1H3/t17-,18+,20+,21+/m0/s1. The summed E-state index contributed by atoms with van der Waals surface area (Å²) in [6.07, 6.45) is 5.66. The van der Waals surface area contributed by atoms with E-state index in [0.29, 0.717) is 23.1 Å². The van der Waals surface area contributed by atoms with Gasteiger partial charge in [0.05, 0.1) is 6.10 Å². The average molecular weight is 426 g/mol. The van der Waals surface area contributed by atoms with Gasteiger partial charge in [0.15, 0.2) is 0 Å². The van der Waals surface area contributed by atoms with Crippen molar-refractivity contribution in [1.82, 2.24) is 19.7 Å². The molecule has 4 atom stereocenters. The quantitative estimate of drug-likeness (QED) is 0.808. The zero-order valence-corrected chi connectivity index (χ0v) is 18.1. The summed E-state index contributed by atoms with van der Waals surface area (Å²) in [5.74, 6) is 2.49. The third kappa shape index (κ3) is 4.13. The molecular formula is C23H31N5O3. The van der Waals surface area contributed by atoms with Crippen molar-refractivity contribution in [3.8, 4) is 5.75 Å². The van der Waals surface area contributed by atoms with Crippen LogP contribution < -0.4 is 9.64 Å². The maximum atomic E-state index is 12.8. The fourth-order valence-electron chi connectivity index (χ4n) is 5.41. The number of aryl methyl sites for hydroxylation is 1. The Balaban J connectivity index is 1.24. The molecule has 1 aromatic carbocycles. The molecule has 1 aliphatic carbocycles. The van der Waals surface area contributed by atoms with Gasteiger partial charge >= 0.3 is 0 Å². The Morgan fingerprint density at radius 3 is 2.65 bits per heavy atom. The van der Waals surface area contributed by atoms with Crippen molar-refractivity contribution in [3.05, 3.63) is 36.2 Å². The van der Waals surface area contributed by atoms with Crippen molar-refractivity contribution in [2.45, 2.75) is 44.3 Å². The van der Waals surface area contributed by atoms with Crippen molar-refractivity contribution < 1.29 is 14.6 Å². The number of carbonyl (C=O) groups is 1. The minimum Gasteiger partial charge on any atom is -0.488 e. The molecule has 2 saturated heterocycles. The Morgan fingerprint density at radius 1 is 1.13 bits per heavy atom. The maximum Gasteiger partial charge on any atom is 0.253 e. The molecule has 5 rings (SSSR count). The molecule has 1 saturated carbocycles. The van der Waals surface area contributed by atoms with Gasteiger partial charge in [-0.1, -0.05) is 6.07 Å². The van der Waals surface area contributed by atoms with Crippen molar-refractivity contribution in [2.24, 2.45) is 18.9 Å². The lowest BCUT2D eigenvalue weighted by molar-refractivity contribution is -0.0231. The summed E-state index contributed by atoms with van der Waals surface area (Å²) in [5.41, 5.74) is 0.664. The largest absolute Gasteiger partial charge is 0.488 e. The van der Waals surface area contributed by atoms with Crippen molar-refractivity contribution in [3.63, 3.8) is 0 Å². The van der Waals surface area contributed by atoms with Crippen molar-refractivity contribution >= 4 is 11.9 Å². The number of ether oxygens (including phenoxy) is 1. The van der Waals surface area contributed by atoms with Gasteiger partial charge < -0.3 is 19.6 Å². The first-order chi connectivity index (χ1) is 15.1. The third-order valence-corrected chi connectivity index (χ3v) is 7.07. The number of carbonyl (C=O) groups excluding carboxylic acids is 1. The zero-order valence-electron chi connectivity index (χ0n) is 18.1. The molecule has 2 aliphatic heterocycles. The number of hydrogen-bond acceptors (Lipinski definition) is 6. The van der Waals surface area contributed by atoms with E-state index in [9.17, 15) is 9.90 Å². The Morgan fingerprint density at radius 2 is 1.90 bits per heavy atom. The smallest absolute Gasteiger partial charge is 0.253 e. The highest BCUT2D eigenvalue weighted by Gasteiger charge is 2.43. The summed E-state index contributed by atoms with van der Waals surface area (Å²) in [7, 11) is 1.91. The Bertz CT molecular complexity index is 925. The van der Waals surface area contributed by atoms with Crippen molar-refractivity contribution in [1.29, 1.82) is 0 Å². The fourth-order valence-corrected chi connectivity index (χ4v) is 5.41. The van der Waals surface area contributed by atoms with Gasteiger partial charge in [-0.05, 0) is 62.1 Å². The van der Waals surface area contributed by atoms with E-state index in [1.54, 1.807) is 11.0 Å². The number of fused-ring (bicyclic) bond motifs is 1. The SMILES string of the molecule is Cn1ncnc1N1C[C@H]2C[C@@H](Oc3cccc(C(=O)N4CCCCC4)c3)[C@H](O)C[C@H]2C1. The number of piperidine rings is 1. The average Bonchev–Trinajstić information content (AvgIpc) is 3.39. The number of benzene rings is 1. The lowest BCUT2D eigenvalue weighted by Crippen LogP contribution is -2.42. The van der Waals surface area contributed by atoms with Gasteiger partial charge in [-0.25, -0.2) is 4.68 Å². The molecule has 0 radical (unpaired) electrons. The van der Waals surface area contributed by atoms with E-state index in [0.717, 1.165) is 57.8 Å². The van der Waals surface area contributed by atoms with Gasteiger partial charge in [0.1, 0.15) is 18.2 Å². The Hall–Kier alpha value is -2.61. The van der Waals surface area contributed by atoms with E-state index in [1.165, 1.54) is 6.42 Å². The molecule has 3 heterocycles. The fraction of sp³-hybridized carbons (Fsp3) is 0.609. The van der Waals surface area contributed by atoms with Gasteiger partial charge in [0.25, 0.3) is 5.91 Å². The summed E-state index contributed by atoms with van der Waals surface area (Å²) in [6, 6.07) is 7.44. The number of nitrogens with zero attached hydrogens (tertiary/aromatic N) is 5. The molecule has 0 bridgehead atoms. The van der Waals surface area contributed by atoms with Gasteiger partial charge in [-0.15, -0.1) is 0 Å². The van der Waals surface area contributed by atoms with Crippen LogP contribution in [0, 0.1) is 11.8 Å². The van der Waals surface area contributed by atoms with Gasteiger partial charge in [-0.3, -0.25) is 4.79 Å². The molecule has 3 fully saturated rings. The van der Waals surface area contributed by atoms with Gasteiger partial charge in [0, 0.05) is 38.8 Å². The molecule has 2 aromatic rings. The van der Waals surface area contributed by atoms with Crippen LogP contribution in [-0.2, 0) is 7.05 Å². The number of hydrogen-bond donors (Lipinski definition) is 1. The Labute approximate surface area is 182 Å². The van der Waals surface area contributed by atoms with Crippen LogP contribution in [0.3, 0.4) is 0 Å². The second-order valence-electron chi connectivity index (χ2n) is 9.18. The van der Waals surface area contributed by atoms with E-state index < -0.39 is 6.10 Å². The first-order valence-electron chi connectivity index (χ1n) is 11.4. The van der Waals surface area contributed by atoms with E-state index in [1.807, 2.05) is 36.2 Å². The van der Waals surface area contributed by atoms with Crippen LogP contribution in [-0.4, -0.2) is 69.1 Å². The maximum absolute atomic E-state index is 12.8. The van der Waals surface area contributed by atoms with Crippen LogP contribution in [0.25, 0.3) is 0 Å². The summed E-state index contributed by atoms with van der Waals surface area (Å²) in [4.78, 5) is 21.4. The molecule has 0 unspecified atom stereocenters. The minimum absolute atomic E-state index is 0.0736. The minimum atomic E-state index is -0.512. The topological polar surface area (TPSA) is 83.7 Å². The molecule has 8 heteroatoms. The van der Waals surface area contributed by atoms with Crippen molar-refractivity contribution in [2.75, 3.05) is 31.1 Å². The molecule has 8 nitrogen and oxygen atoms in total. The predicted molar refractivity (Wildman–Crippen MR) is 116 cm³/mol. The van der Waals surface area contributed by atoms with E-state index in [-0.39, 0.29) is 12.0 Å². The van der Waals surface area contributed by atoms with Gasteiger partial charge in [-0.2, -0.15) is 10.1 Å². The number of rotatable bonds is 4. The zero-order chi connectivity index (χ0) is 21.4. The van der Waals surface area contributed by atoms with Crippen LogP contribution in [0.1, 0.15) is 42.5 Å². The number of aliphatic hydroxyl groups is 1. The highest BCUT2D eigenvalue weighted by atomic mass is 16.5. The normalized spacial score (nSPS) is 28.5. The first kappa shape index (κ1) is 20.3. The highest BCUT2D eigenvalue weighted by Crippen LogP contribution is 2.39. The molecule has 1 N–H and O–H groups in total. The Kier molecular flexibility index (Phi) is 5.56. The molecular weight excluding hydrogens is 394 g/mol. The number of aromatic nitrogens is 3. The van der Waals surface area contributed by atoms with Gasteiger partial charge in [0.2, 0.25) is 5.95 Å². The molecule has 0 spiro atoms. The van der Waals surface area contributed by atoms with E-state index >= 15 is 0 Å². The number of aliphatic hydroxyl groups excluding tert-OH is 1. The summed E-state index contributed by atoms with van der Waals surface area (Å²) in [6.45, 7) is 3.45.